The lowest BCUT2D eigenvalue weighted by atomic mass is 10.1. The van der Waals surface area contributed by atoms with Gasteiger partial charge in [0.2, 0.25) is 0 Å². The SMILES string of the molecule is CC(C)S(=O)(=O)c1ccc(-c2cnc(N)c(C#Cc3ccc(F)cc3)n2)cc1. The number of rotatable bonds is 3. The van der Waals surface area contributed by atoms with Crippen molar-refractivity contribution in [1.29, 1.82) is 0 Å². The van der Waals surface area contributed by atoms with Crippen molar-refractivity contribution in [1.82, 2.24) is 9.97 Å². The molecule has 2 N–H and O–H groups in total. The van der Waals surface area contributed by atoms with Crippen molar-refractivity contribution in [3.8, 4) is 23.1 Å². The first-order valence-electron chi connectivity index (χ1n) is 8.52. The number of anilines is 1. The third-order valence-electron chi connectivity index (χ3n) is 4.07. The standard InChI is InChI=1S/C21H18FN3O2S/c1-14(2)28(26,27)18-10-6-16(7-11-18)20-13-24-21(23)19(25-20)12-5-15-3-8-17(22)9-4-15/h3-4,6-11,13-14H,1-2H3,(H2,23,24). The zero-order chi connectivity index (χ0) is 20.3. The van der Waals surface area contributed by atoms with Crippen LogP contribution in [0.5, 0.6) is 0 Å². The van der Waals surface area contributed by atoms with E-state index in [9.17, 15) is 12.8 Å². The van der Waals surface area contributed by atoms with Crippen LogP contribution >= 0.6 is 0 Å². The normalized spacial score (nSPS) is 11.1. The van der Waals surface area contributed by atoms with E-state index >= 15 is 0 Å². The lowest BCUT2D eigenvalue weighted by Crippen LogP contribution is -2.13. The van der Waals surface area contributed by atoms with Gasteiger partial charge in [-0.05, 0) is 56.2 Å². The number of nitrogen functional groups attached to an aromatic ring is 1. The summed E-state index contributed by atoms with van der Waals surface area (Å²) >= 11 is 0. The predicted octanol–water partition coefficient (Wildman–Crippen LogP) is 3.45. The molecule has 1 aromatic heterocycles. The highest BCUT2D eigenvalue weighted by atomic mass is 32.2. The van der Waals surface area contributed by atoms with Gasteiger partial charge in [0.15, 0.2) is 21.3 Å². The third kappa shape index (κ3) is 4.18. The van der Waals surface area contributed by atoms with Crippen LogP contribution in [0.4, 0.5) is 10.2 Å². The summed E-state index contributed by atoms with van der Waals surface area (Å²) in [6.07, 6.45) is 1.50. The molecule has 0 fully saturated rings. The number of aromatic nitrogens is 2. The topological polar surface area (TPSA) is 85.9 Å². The Labute approximate surface area is 163 Å². The highest BCUT2D eigenvalue weighted by Crippen LogP contribution is 2.22. The molecule has 0 aliphatic heterocycles. The van der Waals surface area contributed by atoms with Crippen molar-refractivity contribution in [3.05, 3.63) is 71.8 Å². The quantitative estimate of drug-likeness (QED) is 0.687. The van der Waals surface area contributed by atoms with Crippen LogP contribution in [0.3, 0.4) is 0 Å². The first-order chi connectivity index (χ1) is 13.3. The second-order valence-electron chi connectivity index (χ2n) is 6.36. The summed E-state index contributed by atoms with van der Waals surface area (Å²) in [6, 6.07) is 12.2. The summed E-state index contributed by atoms with van der Waals surface area (Å²) in [6.45, 7) is 3.28. The molecular formula is C21H18FN3O2S. The Kier molecular flexibility index (Phi) is 5.43. The molecule has 0 saturated heterocycles. The first-order valence-corrected chi connectivity index (χ1v) is 10.1. The molecule has 0 saturated carbocycles. The lowest BCUT2D eigenvalue weighted by molar-refractivity contribution is 0.587. The van der Waals surface area contributed by atoms with Gasteiger partial charge in [-0.3, -0.25) is 0 Å². The molecule has 7 heteroatoms. The van der Waals surface area contributed by atoms with E-state index in [4.69, 9.17) is 5.73 Å². The van der Waals surface area contributed by atoms with E-state index in [1.807, 2.05) is 0 Å². The Bertz CT molecular complexity index is 1160. The molecule has 0 unspecified atom stereocenters. The Hall–Kier alpha value is -3.24. The molecule has 3 aromatic rings. The van der Waals surface area contributed by atoms with Gasteiger partial charge in [0.25, 0.3) is 0 Å². The molecule has 28 heavy (non-hydrogen) atoms. The molecule has 5 nitrogen and oxygen atoms in total. The van der Waals surface area contributed by atoms with Crippen molar-refractivity contribution in [3.63, 3.8) is 0 Å². The van der Waals surface area contributed by atoms with E-state index in [1.165, 1.54) is 18.3 Å². The minimum atomic E-state index is -3.34. The van der Waals surface area contributed by atoms with Gasteiger partial charge in [0.1, 0.15) is 5.82 Å². The third-order valence-corrected chi connectivity index (χ3v) is 6.24. The molecule has 0 bridgehead atoms. The fraction of sp³-hybridized carbons (Fsp3) is 0.143. The summed E-state index contributed by atoms with van der Waals surface area (Å²) in [5.74, 6) is 5.55. The van der Waals surface area contributed by atoms with Gasteiger partial charge in [0, 0.05) is 11.1 Å². The molecule has 0 atom stereocenters. The average Bonchev–Trinajstić information content (AvgIpc) is 2.68. The van der Waals surface area contributed by atoms with Crippen LogP contribution < -0.4 is 5.73 Å². The number of benzene rings is 2. The molecule has 3 rings (SSSR count). The molecule has 0 aliphatic rings. The van der Waals surface area contributed by atoms with E-state index in [0.717, 1.165) is 0 Å². The van der Waals surface area contributed by atoms with Crippen molar-refractivity contribution in [2.24, 2.45) is 0 Å². The summed E-state index contributed by atoms with van der Waals surface area (Å²) in [5, 5.41) is -0.497. The summed E-state index contributed by atoms with van der Waals surface area (Å²) in [5.41, 5.74) is 7.98. The molecular weight excluding hydrogens is 377 g/mol. The summed E-state index contributed by atoms with van der Waals surface area (Å²) in [4.78, 5) is 8.79. The maximum atomic E-state index is 13.0. The second-order valence-corrected chi connectivity index (χ2v) is 8.87. The number of sulfone groups is 1. The van der Waals surface area contributed by atoms with Gasteiger partial charge in [-0.1, -0.05) is 18.1 Å². The highest BCUT2D eigenvalue weighted by molar-refractivity contribution is 7.92. The molecule has 0 amide bonds. The fourth-order valence-corrected chi connectivity index (χ4v) is 3.44. The maximum Gasteiger partial charge on any atom is 0.180 e. The monoisotopic (exact) mass is 395 g/mol. The molecule has 0 spiro atoms. The maximum absolute atomic E-state index is 13.0. The van der Waals surface area contributed by atoms with Crippen LogP contribution in [0.1, 0.15) is 25.1 Å². The van der Waals surface area contributed by atoms with Gasteiger partial charge in [-0.2, -0.15) is 0 Å². The van der Waals surface area contributed by atoms with Crippen LogP contribution in [0.15, 0.2) is 59.6 Å². The number of nitrogens with zero attached hydrogens (tertiary/aromatic N) is 2. The second kappa shape index (κ2) is 7.79. The molecule has 142 valence electrons. The van der Waals surface area contributed by atoms with Gasteiger partial charge >= 0.3 is 0 Å². The number of hydrogen-bond donors (Lipinski definition) is 1. The summed E-state index contributed by atoms with van der Waals surface area (Å²) < 4.78 is 37.4. The number of halogens is 1. The number of hydrogen-bond acceptors (Lipinski definition) is 5. The van der Waals surface area contributed by atoms with Gasteiger partial charge in [0.05, 0.1) is 22.0 Å². The lowest BCUT2D eigenvalue weighted by Gasteiger charge is -2.08. The van der Waals surface area contributed by atoms with Crippen LogP contribution in [-0.4, -0.2) is 23.6 Å². The van der Waals surface area contributed by atoms with E-state index in [2.05, 4.69) is 21.8 Å². The van der Waals surface area contributed by atoms with E-state index in [0.29, 0.717) is 22.5 Å². The van der Waals surface area contributed by atoms with Crippen molar-refractivity contribution in [2.45, 2.75) is 24.0 Å². The smallest absolute Gasteiger partial charge is 0.180 e. The number of nitrogens with two attached hydrogens (primary N) is 1. The van der Waals surface area contributed by atoms with E-state index < -0.39 is 15.1 Å². The van der Waals surface area contributed by atoms with Gasteiger partial charge in [-0.15, -0.1) is 0 Å². The van der Waals surface area contributed by atoms with Gasteiger partial charge < -0.3 is 5.73 Å². The van der Waals surface area contributed by atoms with Crippen molar-refractivity contribution >= 4 is 15.7 Å². The zero-order valence-electron chi connectivity index (χ0n) is 15.3. The minimum Gasteiger partial charge on any atom is -0.381 e. The predicted molar refractivity (Wildman–Crippen MR) is 107 cm³/mol. The van der Waals surface area contributed by atoms with Crippen molar-refractivity contribution in [2.75, 3.05) is 5.73 Å². The van der Waals surface area contributed by atoms with Crippen molar-refractivity contribution < 1.29 is 12.8 Å². The first kappa shape index (κ1) is 19.5. The largest absolute Gasteiger partial charge is 0.381 e. The highest BCUT2D eigenvalue weighted by Gasteiger charge is 2.19. The Balaban J connectivity index is 1.92. The molecule has 1 heterocycles. The van der Waals surface area contributed by atoms with Gasteiger partial charge in [-0.25, -0.2) is 22.8 Å². The zero-order valence-corrected chi connectivity index (χ0v) is 16.2. The Morgan fingerprint density at radius 1 is 1.00 bits per heavy atom. The van der Waals surface area contributed by atoms with Crippen LogP contribution in [0.2, 0.25) is 0 Å². The fourth-order valence-electron chi connectivity index (χ4n) is 2.38. The van der Waals surface area contributed by atoms with Crippen LogP contribution in [0, 0.1) is 17.7 Å². The van der Waals surface area contributed by atoms with E-state index in [-0.39, 0.29) is 16.5 Å². The van der Waals surface area contributed by atoms with Crippen LogP contribution in [-0.2, 0) is 9.84 Å². The van der Waals surface area contributed by atoms with E-state index in [1.54, 1.807) is 50.2 Å². The van der Waals surface area contributed by atoms with Crippen LogP contribution in [0.25, 0.3) is 11.3 Å². The minimum absolute atomic E-state index is 0.178. The average molecular weight is 395 g/mol. The Morgan fingerprint density at radius 3 is 2.25 bits per heavy atom. The molecule has 0 radical (unpaired) electrons. The molecule has 0 aliphatic carbocycles. The summed E-state index contributed by atoms with van der Waals surface area (Å²) in [7, 11) is -3.34. The Morgan fingerprint density at radius 2 is 1.64 bits per heavy atom. The molecule has 2 aromatic carbocycles.